The molecule has 1 aromatic carbocycles. The van der Waals surface area contributed by atoms with Crippen molar-refractivity contribution in [1.29, 1.82) is 5.26 Å². The van der Waals surface area contributed by atoms with Gasteiger partial charge in [0.25, 0.3) is 0 Å². The fraction of sp³-hybridized carbons (Fsp3) is 0. The molecule has 1 aromatic rings. The Morgan fingerprint density at radius 2 is 2.08 bits per heavy atom. The number of rotatable bonds is 0. The van der Waals surface area contributed by atoms with Crippen LogP contribution in [0.5, 0.6) is 5.75 Å². The first-order valence-corrected chi connectivity index (χ1v) is 5.38. The van der Waals surface area contributed by atoms with Crippen molar-refractivity contribution in [2.45, 2.75) is 0 Å². The van der Waals surface area contributed by atoms with Crippen molar-refractivity contribution in [2.24, 2.45) is 0 Å². The molecule has 0 unspecified atom stereocenters. The van der Waals surface area contributed by atoms with Gasteiger partial charge in [0.2, 0.25) is 0 Å². The molecule has 0 atom stereocenters. The highest BCUT2D eigenvalue weighted by Crippen LogP contribution is 2.34. The minimum absolute atomic E-state index is 0.139. The van der Waals surface area contributed by atoms with Gasteiger partial charge in [-0.15, -0.1) is 0 Å². The van der Waals surface area contributed by atoms with E-state index in [0.717, 1.165) is 0 Å². The van der Waals surface area contributed by atoms with E-state index in [4.69, 9.17) is 16.9 Å². The zero-order chi connectivity index (χ0) is 9.30. The molecule has 0 aromatic heterocycles. The van der Waals surface area contributed by atoms with E-state index in [1.165, 1.54) is 0 Å². The van der Waals surface area contributed by atoms with Crippen LogP contribution in [-0.4, -0.2) is 5.11 Å². The third-order valence-corrected chi connectivity index (χ3v) is 3.84. The molecule has 0 fully saturated rings. The highest BCUT2D eigenvalue weighted by atomic mass is 127. The lowest BCUT2D eigenvalue weighted by Crippen LogP contribution is -1.86. The van der Waals surface area contributed by atoms with Crippen LogP contribution < -0.4 is 0 Å². The SMILES string of the molecule is N#Cc1cc(I)c(O)c(I)c1Cl. The molecule has 0 spiro atoms. The number of hydrogen-bond acceptors (Lipinski definition) is 2. The first-order valence-electron chi connectivity index (χ1n) is 2.84. The van der Waals surface area contributed by atoms with E-state index < -0.39 is 0 Å². The van der Waals surface area contributed by atoms with Gasteiger partial charge in [0.15, 0.2) is 0 Å². The lowest BCUT2D eigenvalue weighted by molar-refractivity contribution is 0.467. The number of benzene rings is 1. The van der Waals surface area contributed by atoms with E-state index in [0.29, 0.717) is 17.7 Å². The van der Waals surface area contributed by atoms with E-state index in [1.54, 1.807) is 6.07 Å². The molecule has 1 N–H and O–H groups in total. The molecule has 0 saturated heterocycles. The third kappa shape index (κ3) is 1.78. The topological polar surface area (TPSA) is 44.0 Å². The Bertz CT molecular complexity index is 373. The maximum Gasteiger partial charge on any atom is 0.143 e. The summed E-state index contributed by atoms with van der Waals surface area (Å²) >= 11 is 9.63. The Labute approximate surface area is 102 Å². The number of nitriles is 1. The van der Waals surface area contributed by atoms with Gasteiger partial charge in [0, 0.05) is 0 Å². The number of nitrogens with zero attached hydrogens (tertiary/aromatic N) is 1. The predicted molar refractivity (Wildman–Crippen MR) is 63.3 cm³/mol. The van der Waals surface area contributed by atoms with Crippen LogP contribution in [0.1, 0.15) is 5.56 Å². The summed E-state index contributed by atoms with van der Waals surface area (Å²) < 4.78 is 1.16. The molecule has 1 rings (SSSR count). The van der Waals surface area contributed by atoms with Crippen molar-refractivity contribution in [3.63, 3.8) is 0 Å². The van der Waals surface area contributed by atoms with E-state index >= 15 is 0 Å². The van der Waals surface area contributed by atoms with Crippen LogP contribution in [0, 0.1) is 18.5 Å². The summed E-state index contributed by atoms with van der Waals surface area (Å²) in [6.07, 6.45) is 0. The average molecular weight is 405 g/mol. The Balaban J connectivity index is 3.52. The summed E-state index contributed by atoms with van der Waals surface area (Å²) in [5.74, 6) is 0.139. The first-order chi connectivity index (χ1) is 5.57. The Hall–Kier alpha value is 0.260. The van der Waals surface area contributed by atoms with Crippen LogP contribution in [0.15, 0.2) is 6.07 Å². The molecular weight excluding hydrogens is 403 g/mol. The smallest absolute Gasteiger partial charge is 0.143 e. The Morgan fingerprint density at radius 1 is 1.50 bits per heavy atom. The number of hydrogen-bond donors (Lipinski definition) is 1. The summed E-state index contributed by atoms with van der Waals surface area (Å²) in [6.45, 7) is 0. The highest BCUT2D eigenvalue weighted by Gasteiger charge is 2.12. The second-order valence-corrected chi connectivity index (χ2v) is 4.61. The van der Waals surface area contributed by atoms with Gasteiger partial charge in [0.05, 0.1) is 17.7 Å². The summed E-state index contributed by atoms with van der Waals surface area (Å²) in [5.41, 5.74) is 0.392. The summed E-state index contributed by atoms with van der Waals surface area (Å²) in [5, 5.41) is 18.3. The van der Waals surface area contributed by atoms with E-state index in [2.05, 4.69) is 0 Å². The standard InChI is InChI=1S/C7H2ClI2NO/c8-5-3(2-11)1-4(9)7(12)6(5)10/h1,12H. The molecule has 0 aliphatic heterocycles. The monoisotopic (exact) mass is 405 g/mol. The van der Waals surface area contributed by atoms with Crippen molar-refractivity contribution in [1.82, 2.24) is 0 Å². The van der Waals surface area contributed by atoms with Crippen molar-refractivity contribution >= 4 is 56.8 Å². The molecule has 0 aliphatic rings. The second kappa shape index (κ2) is 3.98. The molecule has 62 valence electrons. The lowest BCUT2D eigenvalue weighted by Gasteiger charge is -2.03. The molecule has 12 heavy (non-hydrogen) atoms. The normalized spacial score (nSPS) is 9.50. The molecule has 5 heteroatoms. The minimum atomic E-state index is 0.139. The largest absolute Gasteiger partial charge is 0.506 e. The summed E-state index contributed by atoms with van der Waals surface area (Å²) in [4.78, 5) is 0. The molecule has 0 heterocycles. The van der Waals surface area contributed by atoms with E-state index in [-0.39, 0.29) is 5.75 Å². The Kier molecular flexibility index (Phi) is 3.43. The first kappa shape index (κ1) is 10.3. The summed E-state index contributed by atoms with van der Waals surface area (Å²) in [7, 11) is 0. The van der Waals surface area contributed by atoms with Crippen LogP contribution in [-0.2, 0) is 0 Å². The van der Waals surface area contributed by atoms with Gasteiger partial charge in [-0.1, -0.05) is 11.6 Å². The van der Waals surface area contributed by atoms with Crippen molar-refractivity contribution in [3.05, 3.63) is 23.8 Å². The molecule has 0 amide bonds. The number of halogens is 3. The summed E-state index contributed by atoms with van der Waals surface area (Å²) in [6, 6.07) is 3.51. The van der Waals surface area contributed by atoms with Gasteiger partial charge in [-0.25, -0.2) is 0 Å². The van der Waals surface area contributed by atoms with Crippen molar-refractivity contribution in [2.75, 3.05) is 0 Å². The molecule has 0 radical (unpaired) electrons. The minimum Gasteiger partial charge on any atom is -0.506 e. The molecule has 2 nitrogen and oxygen atoms in total. The van der Waals surface area contributed by atoms with E-state index in [1.807, 2.05) is 51.3 Å². The third-order valence-electron chi connectivity index (χ3n) is 1.25. The molecular formula is C7H2ClI2NO. The quantitative estimate of drug-likeness (QED) is 0.533. The van der Waals surface area contributed by atoms with Crippen LogP contribution in [0.2, 0.25) is 5.02 Å². The molecule has 0 bridgehead atoms. The predicted octanol–water partition coefficient (Wildman–Crippen LogP) is 3.13. The highest BCUT2D eigenvalue weighted by molar-refractivity contribution is 14.1. The zero-order valence-corrected chi connectivity index (χ0v) is 10.7. The maximum absolute atomic E-state index is 9.40. The van der Waals surface area contributed by atoms with Gasteiger partial charge < -0.3 is 5.11 Å². The fourth-order valence-corrected chi connectivity index (χ4v) is 2.53. The van der Waals surface area contributed by atoms with Crippen LogP contribution in [0.4, 0.5) is 0 Å². The second-order valence-electron chi connectivity index (χ2n) is 1.99. The number of phenols is 1. The Morgan fingerprint density at radius 3 is 2.58 bits per heavy atom. The van der Waals surface area contributed by atoms with E-state index in [9.17, 15) is 5.11 Å². The van der Waals surface area contributed by atoms with Crippen LogP contribution in [0.3, 0.4) is 0 Å². The van der Waals surface area contributed by atoms with Gasteiger partial charge >= 0.3 is 0 Å². The molecule has 0 saturated carbocycles. The van der Waals surface area contributed by atoms with Crippen molar-refractivity contribution in [3.8, 4) is 11.8 Å². The fourth-order valence-electron chi connectivity index (χ4n) is 0.667. The van der Waals surface area contributed by atoms with Gasteiger partial charge in [-0.3, -0.25) is 0 Å². The van der Waals surface area contributed by atoms with Gasteiger partial charge in [0.1, 0.15) is 11.8 Å². The number of phenolic OH excluding ortho intramolecular Hbond substituents is 1. The number of aromatic hydroxyl groups is 1. The maximum atomic E-state index is 9.40. The van der Waals surface area contributed by atoms with Crippen molar-refractivity contribution < 1.29 is 5.11 Å². The van der Waals surface area contributed by atoms with Gasteiger partial charge in [-0.05, 0) is 51.2 Å². The zero-order valence-electron chi connectivity index (χ0n) is 5.61. The average Bonchev–Trinajstić information content (AvgIpc) is 2.08. The van der Waals surface area contributed by atoms with Gasteiger partial charge in [-0.2, -0.15) is 5.26 Å². The van der Waals surface area contributed by atoms with Crippen LogP contribution >= 0.6 is 56.8 Å². The lowest BCUT2D eigenvalue weighted by atomic mass is 10.2. The van der Waals surface area contributed by atoms with Crippen LogP contribution in [0.25, 0.3) is 0 Å². The molecule has 0 aliphatic carbocycles.